The standard InChI is InChI=1S/C26H19N3S/c1-2-7-18(8-3-1)19-12-14-20(15-13-19)22-17-24(25-11-6-16-30-25)29-23-10-5-4-9-21(23)27-26(29)28-22/h1-17,24H,(H,27,28). The van der Waals surface area contributed by atoms with Crippen molar-refractivity contribution in [3.05, 3.63) is 113 Å². The number of nitrogens with zero attached hydrogens (tertiary/aromatic N) is 2. The molecule has 0 fully saturated rings. The van der Waals surface area contributed by atoms with E-state index >= 15 is 0 Å². The third-order valence-corrected chi connectivity index (χ3v) is 6.53. The predicted octanol–water partition coefficient (Wildman–Crippen LogP) is 6.82. The Morgan fingerprint density at radius 1 is 0.733 bits per heavy atom. The Kier molecular flexibility index (Phi) is 4.03. The molecular formula is C26H19N3S. The largest absolute Gasteiger partial charge is 0.325 e. The number of fused-ring (bicyclic) bond motifs is 3. The van der Waals surface area contributed by atoms with Crippen molar-refractivity contribution in [3.63, 3.8) is 0 Å². The summed E-state index contributed by atoms with van der Waals surface area (Å²) < 4.78 is 2.29. The summed E-state index contributed by atoms with van der Waals surface area (Å²) in [6.45, 7) is 0. The molecule has 144 valence electrons. The minimum Gasteiger partial charge on any atom is -0.325 e. The van der Waals surface area contributed by atoms with E-state index in [2.05, 4.69) is 100 Å². The fourth-order valence-corrected chi connectivity index (χ4v) is 4.90. The highest BCUT2D eigenvalue weighted by Gasteiger charge is 2.25. The number of benzene rings is 3. The summed E-state index contributed by atoms with van der Waals surface area (Å²) in [6, 6.07) is 32.0. The number of anilines is 1. The molecule has 1 aliphatic rings. The van der Waals surface area contributed by atoms with Crippen LogP contribution in [0.5, 0.6) is 0 Å². The van der Waals surface area contributed by atoms with Gasteiger partial charge in [-0.3, -0.25) is 4.57 Å². The van der Waals surface area contributed by atoms with Crippen LogP contribution in [-0.4, -0.2) is 9.55 Å². The highest BCUT2D eigenvalue weighted by molar-refractivity contribution is 7.10. The third-order valence-electron chi connectivity index (χ3n) is 5.58. The van der Waals surface area contributed by atoms with Gasteiger partial charge < -0.3 is 5.32 Å². The molecular weight excluding hydrogens is 386 g/mol. The number of hydrogen-bond acceptors (Lipinski definition) is 3. The van der Waals surface area contributed by atoms with Crippen molar-refractivity contribution >= 4 is 34.0 Å². The van der Waals surface area contributed by atoms with E-state index < -0.39 is 0 Å². The van der Waals surface area contributed by atoms with Gasteiger partial charge in [-0.15, -0.1) is 11.3 Å². The number of imidazole rings is 1. The first-order valence-corrected chi connectivity index (χ1v) is 10.9. The molecule has 3 nitrogen and oxygen atoms in total. The zero-order valence-corrected chi connectivity index (χ0v) is 17.0. The molecule has 0 saturated heterocycles. The SMILES string of the molecule is C1=C(c2ccc(-c3ccccc3)cc2)Nc2nc3ccccc3n2C1c1cccs1. The molecule has 1 N–H and O–H groups in total. The van der Waals surface area contributed by atoms with Gasteiger partial charge in [0.2, 0.25) is 5.95 Å². The Morgan fingerprint density at radius 3 is 2.27 bits per heavy atom. The molecule has 30 heavy (non-hydrogen) atoms. The van der Waals surface area contributed by atoms with E-state index in [1.807, 2.05) is 12.1 Å². The minimum atomic E-state index is 0.123. The van der Waals surface area contributed by atoms with Crippen molar-refractivity contribution in [1.82, 2.24) is 9.55 Å². The molecule has 5 aromatic rings. The summed E-state index contributed by atoms with van der Waals surface area (Å²) in [5.74, 6) is 0.888. The van der Waals surface area contributed by atoms with Crippen LogP contribution in [0.4, 0.5) is 5.95 Å². The molecule has 0 saturated carbocycles. The van der Waals surface area contributed by atoms with Gasteiger partial charge in [-0.05, 0) is 46.3 Å². The van der Waals surface area contributed by atoms with Gasteiger partial charge in [-0.2, -0.15) is 0 Å². The maximum Gasteiger partial charge on any atom is 0.209 e. The summed E-state index contributed by atoms with van der Waals surface area (Å²) in [5.41, 5.74) is 6.86. The quantitative estimate of drug-likeness (QED) is 0.357. The van der Waals surface area contributed by atoms with E-state index in [0.717, 1.165) is 28.2 Å². The average Bonchev–Trinajstić information content (AvgIpc) is 3.47. The first-order valence-electron chi connectivity index (χ1n) is 10.0. The normalized spacial score (nSPS) is 15.5. The summed E-state index contributed by atoms with van der Waals surface area (Å²) in [4.78, 5) is 6.17. The molecule has 3 heterocycles. The first-order chi connectivity index (χ1) is 14.9. The van der Waals surface area contributed by atoms with Crippen molar-refractivity contribution in [2.75, 3.05) is 5.32 Å². The Balaban J connectivity index is 1.44. The van der Waals surface area contributed by atoms with Crippen molar-refractivity contribution in [2.45, 2.75) is 6.04 Å². The van der Waals surface area contributed by atoms with Crippen molar-refractivity contribution in [1.29, 1.82) is 0 Å². The molecule has 0 bridgehead atoms. The van der Waals surface area contributed by atoms with Crippen LogP contribution in [0.3, 0.4) is 0 Å². The predicted molar refractivity (Wildman–Crippen MR) is 126 cm³/mol. The van der Waals surface area contributed by atoms with Crippen LogP contribution in [0.25, 0.3) is 27.9 Å². The fraction of sp³-hybridized carbons (Fsp3) is 0.0385. The van der Waals surface area contributed by atoms with Gasteiger partial charge in [-0.1, -0.05) is 72.8 Å². The summed E-state index contributed by atoms with van der Waals surface area (Å²) in [6.07, 6.45) is 2.31. The highest BCUT2D eigenvalue weighted by atomic mass is 32.1. The summed E-state index contributed by atoms with van der Waals surface area (Å²) in [5, 5.41) is 5.71. The van der Waals surface area contributed by atoms with Crippen LogP contribution in [0, 0.1) is 0 Å². The van der Waals surface area contributed by atoms with Gasteiger partial charge in [0, 0.05) is 10.6 Å². The van der Waals surface area contributed by atoms with Gasteiger partial charge in [0.25, 0.3) is 0 Å². The molecule has 0 spiro atoms. The Labute approximate surface area is 179 Å². The van der Waals surface area contributed by atoms with Gasteiger partial charge in [-0.25, -0.2) is 4.98 Å². The zero-order chi connectivity index (χ0) is 19.9. The molecule has 1 aliphatic heterocycles. The van der Waals surface area contributed by atoms with Crippen LogP contribution in [0.15, 0.2) is 102 Å². The second-order valence-electron chi connectivity index (χ2n) is 7.40. The molecule has 6 rings (SSSR count). The van der Waals surface area contributed by atoms with Crippen LogP contribution < -0.4 is 5.32 Å². The Bertz CT molecular complexity index is 1350. The van der Waals surface area contributed by atoms with Gasteiger partial charge in [0.15, 0.2) is 0 Å². The van der Waals surface area contributed by atoms with Gasteiger partial charge in [0.1, 0.15) is 0 Å². The van der Waals surface area contributed by atoms with Crippen molar-refractivity contribution in [3.8, 4) is 11.1 Å². The number of para-hydroxylation sites is 2. The molecule has 0 radical (unpaired) electrons. The topological polar surface area (TPSA) is 29.9 Å². The highest BCUT2D eigenvalue weighted by Crippen LogP contribution is 2.38. The maximum atomic E-state index is 4.87. The maximum absolute atomic E-state index is 4.87. The fourth-order valence-electron chi connectivity index (χ4n) is 4.12. The first kappa shape index (κ1) is 17.2. The van der Waals surface area contributed by atoms with Crippen molar-refractivity contribution in [2.24, 2.45) is 0 Å². The van der Waals surface area contributed by atoms with E-state index in [1.54, 1.807) is 11.3 Å². The van der Waals surface area contributed by atoms with Crippen molar-refractivity contribution < 1.29 is 0 Å². The van der Waals surface area contributed by atoms with Gasteiger partial charge >= 0.3 is 0 Å². The van der Waals surface area contributed by atoms with Crippen LogP contribution in [0.2, 0.25) is 0 Å². The molecule has 0 amide bonds. The van der Waals surface area contributed by atoms with E-state index in [4.69, 9.17) is 4.98 Å². The lowest BCUT2D eigenvalue weighted by Gasteiger charge is -2.25. The number of hydrogen-bond donors (Lipinski definition) is 1. The number of thiophene rings is 1. The molecule has 1 unspecified atom stereocenters. The smallest absolute Gasteiger partial charge is 0.209 e. The Hall–Kier alpha value is -3.63. The van der Waals surface area contributed by atoms with Gasteiger partial charge in [0.05, 0.1) is 17.1 Å². The van der Waals surface area contributed by atoms with Crippen LogP contribution in [0.1, 0.15) is 16.5 Å². The Morgan fingerprint density at radius 2 is 1.47 bits per heavy atom. The lowest BCUT2D eigenvalue weighted by atomic mass is 10.0. The lowest BCUT2D eigenvalue weighted by molar-refractivity contribution is 0.733. The third kappa shape index (κ3) is 2.85. The van der Waals surface area contributed by atoms with E-state index in [9.17, 15) is 0 Å². The van der Waals surface area contributed by atoms with E-state index in [-0.39, 0.29) is 6.04 Å². The molecule has 2 aromatic heterocycles. The van der Waals surface area contributed by atoms with E-state index in [1.165, 1.54) is 16.0 Å². The average molecular weight is 406 g/mol. The monoisotopic (exact) mass is 405 g/mol. The number of allylic oxidation sites excluding steroid dienone is 1. The summed E-state index contributed by atoms with van der Waals surface area (Å²) in [7, 11) is 0. The molecule has 1 atom stereocenters. The minimum absolute atomic E-state index is 0.123. The van der Waals surface area contributed by atoms with E-state index in [0.29, 0.717) is 0 Å². The summed E-state index contributed by atoms with van der Waals surface area (Å²) >= 11 is 1.78. The lowest BCUT2D eigenvalue weighted by Crippen LogP contribution is -2.18. The second-order valence-corrected chi connectivity index (χ2v) is 8.38. The van der Waals surface area contributed by atoms with Crippen LogP contribution in [-0.2, 0) is 0 Å². The molecule has 4 heteroatoms. The van der Waals surface area contributed by atoms with Crippen LogP contribution >= 0.6 is 11.3 Å². The number of aromatic nitrogens is 2. The number of rotatable bonds is 3. The number of nitrogens with one attached hydrogen (secondary N) is 1. The molecule has 0 aliphatic carbocycles. The zero-order valence-electron chi connectivity index (χ0n) is 16.2. The second kappa shape index (κ2) is 7.01. The molecule has 3 aromatic carbocycles.